The van der Waals surface area contributed by atoms with Crippen LogP contribution in [0.4, 0.5) is 0 Å². The highest BCUT2D eigenvalue weighted by Crippen LogP contribution is 2.33. The molecule has 0 radical (unpaired) electrons. The number of carbonyl (C=O) groups is 1. The van der Waals surface area contributed by atoms with Gasteiger partial charge in [0.2, 0.25) is 6.29 Å². The van der Waals surface area contributed by atoms with Gasteiger partial charge in [0.05, 0.1) is 25.2 Å². The van der Waals surface area contributed by atoms with Crippen LogP contribution in [0.3, 0.4) is 0 Å². The molecule has 176 valence electrons. The van der Waals surface area contributed by atoms with E-state index >= 15 is 0 Å². The topological polar surface area (TPSA) is 123 Å². The maximum atomic E-state index is 10.3. The van der Waals surface area contributed by atoms with Crippen molar-refractivity contribution in [1.82, 2.24) is 0 Å². The number of carboxylic acids is 1. The quantitative estimate of drug-likeness (QED) is 0.112. The second-order valence-corrected chi connectivity index (χ2v) is 7.74. The van der Waals surface area contributed by atoms with Crippen LogP contribution < -0.4 is 0 Å². The minimum absolute atomic E-state index is 0.324. The molecule has 1 fully saturated rings. The van der Waals surface area contributed by atoms with Crippen LogP contribution in [0, 0.1) is 5.41 Å². The van der Waals surface area contributed by atoms with Gasteiger partial charge in [-0.25, -0.2) is 0 Å². The zero-order valence-electron chi connectivity index (χ0n) is 18.5. The zero-order valence-corrected chi connectivity index (χ0v) is 18.5. The molecule has 1 aliphatic rings. The third kappa shape index (κ3) is 15.6. The van der Waals surface area contributed by atoms with E-state index in [1.54, 1.807) is 0 Å². The third-order valence-corrected chi connectivity index (χ3v) is 4.98. The number of aliphatic carboxylic acids is 1. The van der Waals surface area contributed by atoms with E-state index in [0.29, 0.717) is 6.42 Å². The molecule has 0 amide bonds. The summed E-state index contributed by atoms with van der Waals surface area (Å²) in [6, 6.07) is 0. The van der Waals surface area contributed by atoms with E-state index in [2.05, 4.69) is 41.0 Å². The van der Waals surface area contributed by atoms with Crippen LogP contribution in [0.25, 0.3) is 0 Å². The van der Waals surface area contributed by atoms with Gasteiger partial charge in [-0.15, -0.1) is 0 Å². The smallest absolute Gasteiger partial charge is 0.303 e. The Bertz CT molecular complexity index is 446. The van der Waals surface area contributed by atoms with Crippen molar-refractivity contribution in [3.8, 4) is 0 Å². The molecular formula is C23H42O7. The molecule has 30 heavy (non-hydrogen) atoms. The molecule has 0 aromatic carbocycles. The zero-order chi connectivity index (χ0) is 22.5. The summed E-state index contributed by atoms with van der Waals surface area (Å²) in [4.78, 5) is 19.1. The number of carboxylic acid groups (broad SMARTS) is 1. The predicted molar refractivity (Wildman–Crippen MR) is 117 cm³/mol. The Kier molecular flexibility index (Phi) is 18.9. The van der Waals surface area contributed by atoms with Crippen LogP contribution in [0.5, 0.6) is 0 Å². The van der Waals surface area contributed by atoms with Gasteiger partial charge in [-0.2, -0.15) is 9.78 Å². The number of hydrogen-bond acceptors (Lipinski definition) is 6. The highest BCUT2D eigenvalue weighted by Gasteiger charge is 2.49. The number of allylic oxidation sites excluding steroid dienone is 4. The van der Waals surface area contributed by atoms with Crippen molar-refractivity contribution < 1.29 is 35.0 Å². The lowest BCUT2D eigenvalue weighted by molar-refractivity contribution is -0.137. The van der Waals surface area contributed by atoms with Gasteiger partial charge in [-0.1, -0.05) is 63.3 Å². The van der Waals surface area contributed by atoms with Crippen LogP contribution in [0.2, 0.25) is 0 Å². The van der Waals surface area contributed by atoms with Gasteiger partial charge in [0.15, 0.2) is 0 Å². The number of unbranched alkanes of at least 4 members (excludes halogenated alkanes) is 8. The van der Waals surface area contributed by atoms with E-state index in [4.69, 9.17) is 20.4 Å². The van der Waals surface area contributed by atoms with Crippen molar-refractivity contribution >= 4 is 5.97 Å². The summed E-state index contributed by atoms with van der Waals surface area (Å²) < 4.78 is 0. The number of aliphatic hydroxyl groups is 3. The molecule has 0 aromatic heterocycles. The first-order valence-corrected chi connectivity index (χ1v) is 11.2. The molecule has 0 atom stereocenters. The van der Waals surface area contributed by atoms with Crippen LogP contribution in [-0.2, 0) is 14.6 Å². The van der Waals surface area contributed by atoms with Gasteiger partial charge < -0.3 is 20.4 Å². The van der Waals surface area contributed by atoms with E-state index in [0.717, 1.165) is 25.7 Å². The summed E-state index contributed by atoms with van der Waals surface area (Å²) in [5, 5.41) is 34.6. The number of rotatable bonds is 18. The maximum Gasteiger partial charge on any atom is 0.303 e. The lowest BCUT2D eigenvalue weighted by Crippen LogP contribution is -2.39. The maximum absolute atomic E-state index is 10.3. The van der Waals surface area contributed by atoms with Crippen LogP contribution >= 0.6 is 0 Å². The molecule has 0 spiro atoms. The van der Waals surface area contributed by atoms with Gasteiger partial charge in [-0.05, 0) is 38.5 Å². The van der Waals surface area contributed by atoms with E-state index in [1.807, 2.05) is 0 Å². The van der Waals surface area contributed by atoms with E-state index in [1.165, 1.54) is 44.9 Å². The molecule has 0 bridgehead atoms. The Morgan fingerprint density at radius 3 is 1.73 bits per heavy atom. The van der Waals surface area contributed by atoms with E-state index < -0.39 is 17.7 Å². The van der Waals surface area contributed by atoms with Crippen molar-refractivity contribution in [2.24, 2.45) is 5.41 Å². The Morgan fingerprint density at radius 1 is 0.800 bits per heavy atom. The molecule has 1 rings (SSSR count). The standard InChI is InChI=1S/C18H32O2.C5H10O5/c1-2-3-4-5-6-7-8-9-10-11-12-13-14-15-16-17-18(19)20;6-1-5(2-7,3-8)4-9-10-4/h6-7,9-10H,2-5,8,11-17H2,1H3,(H,19,20);4,6-8H,1-3H2/b7-6-,10-9-;. The van der Waals surface area contributed by atoms with Crippen LogP contribution in [-0.4, -0.2) is 52.5 Å². The first-order valence-electron chi connectivity index (χ1n) is 11.2. The third-order valence-electron chi connectivity index (χ3n) is 4.98. The van der Waals surface area contributed by atoms with Crippen LogP contribution in [0.15, 0.2) is 24.3 Å². The fraction of sp³-hybridized carbons (Fsp3) is 0.783. The average Bonchev–Trinajstić information content (AvgIpc) is 3.59. The summed E-state index contributed by atoms with van der Waals surface area (Å²) in [5.41, 5.74) is -1.04. The molecule has 1 saturated heterocycles. The van der Waals surface area contributed by atoms with Gasteiger partial charge >= 0.3 is 5.97 Å². The highest BCUT2D eigenvalue weighted by molar-refractivity contribution is 5.66. The van der Waals surface area contributed by atoms with Crippen molar-refractivity contribution in [2.75, 3.05) is 19.8 Å². The molecule has 1 aliphatic heterocycles. The lowest BCUT2D eigenvalue weighted by Gasteiger charge is -2.21. The number of aliphatic hydroxyl groups excluding tert-OH is 3. The second kappa shape index (κ2) is 19.7. The minimum atomic E-state index is -1.04. The lowest BCUT2D eigenvalue weighted by atomic mass is 9.91. The summed E-state index contributed by atoms with van der Waals surface area (Å²) >= 11 is 0. The minimum Gasteiger partial charge on any atom is -0.481 e. The van der Waals surface area contributed by atoms with Crippen molar-refractivity contribution in [3.05, 3.63) is 24.3 Å². The highest BCUT2D eigenvalue weighted by atomic mass is 17.4. The Balaban J connectivity index is 0.000000696. The normalized spacial score (nSPS) is 14.3. The van der Waals surface area contributed by atoms with Crippen LogP contribution in [0.1, 0.15) is 84.0 Å². The van der Waals surface area contributed by atoms with Gasteiger partial charge in [-0.3, -0.25) is 4.79 Å². The Hall–Kier alpha value is -1.25. The number of hydrogen-bond donors (Lipinski definition) is 4. The molecule has 7 nitrogen and oxygen atoms in total. The summed E-state index contributed by atoms with van der Waals surface area (Å²) in [6.07, 6.45) is 21.6. The van der Waals surface area contributed by atoms with Crippen molar-refractivity contribution in [1.29, 1.82) is 0 Å². The van der Waals surface area contributed by atoms with Gasteiger partial charge in [0.1, 0.15) is 0 Å². The molecule has 0 saturated carbocycles. The molecule has 0 unspecified atom stereocenters. The summed E-state index contributed by atoms with van der Waals surface area (Å²) in [5.74, 6) is -0.671. The van der Waals surface area contributed by atoms with Gasteiger partial charge in [0.25, 0.3) is 0 Å². The first kappa shape index (κ1) is 28.8. The monoisotopic (exact) mass is 430 g/mol. The largest absolute Gasteiger partial charge is 0.481 e. The van der Waals surface area contributed by atoms with Crippen molar-refractivity contribution in [3.63, 3.8) is 0 Å². The summed E-state index contributed by atoms with van der Waals surface area (Å²) in [6.45, 7) is 1.17. The Morgan fingerprint density at radius 2 is 1.30 bits per heavy atom. The van der Waals surface area contributed by atoms with E-state index in [9.17, 15) is 4.79 Å². The molecule has 0 aromatic rings. The fourth-order valence-corrected chi connectivity index (χ4v) is 2.69. The molecular weight excluding hydrogens is 388 g/mol. The SMILES string of the molecule is CCCCC/C=C\C/C=C\CCCCCCCC(=O)O.OCC(CO)(CO)C1OO1. The molecule has 1 heterocycles. The van der Waals surface area contributed by atoms with Crippen molar-refractivity contribution in [2.45, 2.75) is 90.3 Å². The predicted octanol–water partition coefficient (Wildman–Crippen LogP) is 4.12. The average molecular weight is 431 g/mol. The van der Waals surface area contributed by atoms with Gasteiger partial charge in [0, 0.05) is 6.42 Å². The Labute approximate surface area is 181 Å². The molecule has 0 aliphatic carbocycles. The summed E-state index contributed by atoms with van der Waals surface area (Å²) in [7, 11) is 0. The fourth-order valence-electron chi connectivity index (χ4n) is 2.69. The molecule has 4 N–H and O–H groups in total. The molecule has 7 heteroatoms. The second-order valence-electron chi connectivity index (χ2n) is 7.74. The van der Waals surface area contributed by atoms with E-state index in [-0.39, 0.29) is 19.8 Å². The first-order chi connectivity index (χ1) is 14.6.